The van der Waals surface area contributed by atoms with E-state index in [9.17, 15) is 14.9 Å². The van der Waals surface area contributed by atoms with Crippen LogP contribution in [0.1, 0.15) is 46.8 Å². The Morgan fingerprint density at radius 3 is 2.65 bits per heavy atom. The van der Waals surface area contributed by atoms with Gasteiger partial charge in [0, 0.05) is 33.0 Å². The summed E-state index contributed by atoms with van der Waals surface area (Å²) in [7, 11) is 0. The first-order valence-corrected chi connectivity index (χ1v) is 13.9. The van der Waals surface area contributed by atoms with E-state index in [2.05, 4.69) is 5.32 Å². The number of para-hydroxylation sites is 1. The maximum atomic E-state index is 12.5. The van der Waals surface area contributed by atoms with Crippen LogP contribution in [-0.4, -0.2) is 28.1 Å². The summed E-state index contributed by atoms with van der Waals surface area (Å²) in [5.41, 5.74) is 3.23. The monoisotopic (exact) mass is 576 g/mol. The van der Waals surface area contributed by atoms with Gasteiger partial charge in [-0.25, -0.2) is 4.79 Å². The van der Waals surface area contributed by atoms with E-state index in [-0.39, 0.29) is 51.7 Å². The van der Waals surface area contributed by atoms with Gasteiger partial charge >= 0.3 is 5.97 Å². The molecule has 37 heavy (non-hydrogen) atoms. The van der Waals surface area contributed by atoms with Crippen LogP contribution in [0.2, 0.25) is 10.0 Å². The molecule has 1 fully saturated rings. The Labute approximate surface area is 233 Å². The van der Waals surface area contributed by atoms with Crippen molar-refractivity contribution in [2.24, 2.45) is 5.92 Å². The number of nitrogens with zero attached hydrogens (tertiary/aromatic N) is 1. The fourth-order valence-corrected chi connectivity index (χ4v) is 7.86. The van der Waals surface area contributed by atoms with Crippen molar-refractivity contribution in [1.82, 2.24) is 0 Å². The molecule has 0 bridgehead atoms. The molecule has 5 rings (SSSR count). The smallest absolute Gasteiger partial charge is 0.338 e. The van der Waals surface area contributed by atoms with Crippen molar-refractivity contribution < 1.29 is 14.5 Å². The summed E-state index contributed by atoms with van der Waals surface area (Å²) in [6.07, 6.45) is 0.690. The summed E-state index contributed by atoms with van der Waals surface area (Å²) in [5, 5.41) is 15.9. The van der Waals surface area contributed by atoms with Crippen LogP contribution >= 0.6 is 46.6 Å². The molecule has 1 aliphatic carbocycles. The third-order valence-electron chi connectivity index (χ3n) is 6.96. The van der Waals surface area contributed by atoms with E-state index in [1.54, 1.807) is 37.3 Å². The van der Waals surface area contributed by atoms with Gasteiger partial charge in [-0.15, -0.1) is 23.4 Å². The number of rotatable bonds is 6. The van der Waals surface area contributed by atoms with Gasteiger partial charge in [0.2, 0.25) is 0 Å². The van der Waals surface area contributed by atoms with Crippen LogP contribution in [0.15, 0.2) is 65.6 Å². The van der Waals surface area contributed by atoms with Gasteiger partial charge in [-0.05, 0) is 66.8 Å². The van der Waals surface area contributed by atoms with Crippen molar-refractivity contribution in [3.8, 4) is 0 Å². The minimum atomic E-state index is -0.389. The summed E-state index contributed by atoms with van der Waals surface area (Å²) in [6.45, 7) is 2.05. The molecule has 192 valence electrons. The fourth-order valence-electron chi connectivity index (χ4n) is 5.39. The summed E-state index contributed by atoms with van der Waals surface area (Å²) in [4.78, 5) is 24.3. The second kappa shape index (κ2) is 10.7. The number of carbonyl (C=O) groups is 1. The van der Waals surface area contributed by atoms with Gasteiger partial charge in [-0.3, -0.25) is 10.1 Å². The highest BCUT2D eigenvalue weighted by Crippen LogP contribution is 2.58. The molecular weight excluding hydrogens is 555 g/mol. The minimum Gasteiger partial charge on any atom is -0.462 e. The molecule has 0 unspecified atom stereocenters. The average Bonchev–Trinajstić information content (AvgIpc) is 3.20. The van der Waals surface area contributed by atoms with Gasteiger partial charge in [0.15, 0.2) is 0 Å². The molecular formula is C27H23Cl3N2O4S. The van der Waals surface area contributed by atoms with Gasteiger partial charge in [0.25, 0.3) is 5.69 Å². The summed E-state index contributed by atoms with van der Waals surface area (Å²) >= 11 is 21.4. The van der Waals surface area contributed by atoms with Crippen LogP contribution in [0.4, 0.5) is 11.4 Å². The number of halogens is 3. The standard InChI is InChI=1S/C27H23Cl3N2O4S/c1-2-36-27(33)14-7-10-20-17(11-14)24-18(26(31-20)16-9-8-15(28)12-19(16)29)13-23(25(24)30)37-22-6-4-3-5-21(22)32(34)35/h3-12,18,23-26,31H,2,13H2,1H3/t18-,23-,24+,25-,26-/m0/s1. The molecule has 0 aromatic heterocycles. The summed E-state index contributed by atoms with van der Waals surface area (Å²) < 4.78 is 5.22. The number of hydrogen-bond donors (Lipinski definition) is 1. The number of benzene rings is 3. The van der Waals surface area contributed by atoms with Gasteiger partial charge < -0.3 is 10.1 Å². The lowest BCUT2D eigenvalue weighted by molar-refractivity contribution is -0.387. The second-order valence-corrected chi connectivity index (χ2v) is 11.7. The Kier molecular flexibility index (Phi) is 7.59. The molecule has 0 amide bonds. The summed E-state index contributed by atoms with van der Waals surface area (Å²) in [5.74, 6) is -0.490. The number of esters is 1. The number of carbonyl (C=O) groups excluding carboxylic acids is 1. The minimum absolute atomic E-state index is 0.0198. The predicted molar refractivity (Wildman–Crippen MR) is 148 cm³/mol. The number of nitro benzene ring substituents is 1. The van der Waals surface area contributed by atoms with Gasteiger partial charge in [0.05, 0.1) is 33.4 Å². The number of nitro groups is 1. The summed E-state index contributed by atoms with van der Waals surface area (Å²) in [6, 6.07) is 17.5. The molecule has 0 spiro atoms. The first kappa shape index (κ1) is 26.2. The third-order valence-corrected chi connectivity index (χ3v) is 9.64. The number of hydrogen-bond acceptors (Lipinski definition) is 6. The highest BCUT2D eigenvalue weighted by Gasteiger charge is 2.51. The van der Waals surface area contributed by atoms with Crippen LogP contribution in [0, 0.1) is 16.0 Å². The van der Waals surface area contributed by atoms with Gasteiger partial charge in [-0.2, -0.15) is 0 Å². The highest BCUT2D eigenvalue weighted by atomic mass is 35.5. The maximum Gasteiger partial charge on any atom is 0.338 e. The first-order valence-electron chi connectivity index (χ1n) is 11.8. The van der Waals surface area contributed by atoms with Crippen molar-refractivity contribution in [2.75, 3.05) is 11.9 Å². The van der Waals surface area contributed by atoms with Crippen LogP contribution in [0.3, 0.4) is 0 Å². The highest BCUT2D eigenvalue weighted by molar-refractivity contribution is 8.00. The van der Waals surface area contributed by atoms with Crippen molar-refractivity contribution in [3.05, 3.63) is 97.5 Å². The van der Waals surface area contributed by atoms with Crippen molar-refractivity contribution in [1.29, 1.82) is 0 Å². The number of ether oxygens (including phenoxy) is 1. The largest absolute Gasteiger partial charge is 0.462 e. The Morgan fingerprint density at radius 2 is 1.92 bits per heavy atom. The number of alkyl halides is 1. The topological polar surface area (TPSA) is 81.5 Å². The fraction of sp³-hybridized carbons (Fsp3) is 0.296. The molecule has 1 heterocycles. The van der Waals surface area contributed by atoms with Crippen LogP contribution in [-0.2, 0) is 4.74 Å². The molecule has 1 aliphatic heterocycles. The Morgan fingerprint density at radius 1 is 1.14 bits per heavy atom. The third kappa shape index (κ3) is 5.02. The predicted octanol–water partition coefficient (Wildman–Crippen LogP) is 8.12. The Hall–Kier alpha value is -2.45. The first-order chi connectivity index (χ1) is 17.8. The van der Waals surface area contributed by atoms with Gasteiger partial charge in [0.1, 0.15) is 0 Å². The molecule has 2 aliphatic rings. The van der Waals surface area contributed by atoms with Crippen molar-refractivity contribution >= 4 is 63.9 Å². The zero-order valence-corrected chi connectivity index (χ0v) is 22.8. The van der Waals surface area contributed by atoms with E-state index in [4.69, 9.17) is 39.5 Å². The SMILES string of the molecule is CCOC(=O)c1ccc2c(c1)[C@H]1[C@@H](Cl)[C@@H](Sc3ccccc3[N+](=O)[O-])C[C@@H]1[C@H](c1ccc(Cl)cc1Cl)N2. The number of fused-ring (bicyclic) bond motifs is 3. The Balaban J connectivity index is 1.57. The van der Waals surface area contributed by atoms with E-state index in [0.29, 0.717) is 26.9 Å². The van der Waals surface area contributed by atoms with Gasteiger partial charge in [-0.1, -0.05) is 41.4 Å². The van der Waals surface area contributed by atoms with Crippen LogP contribution in [0.25, 0.3) is 0 Å². The zero-order valence-electron chi connectivity index (χ0n) is 19.7. The van der Waals surface area contributed by atoms with E-state index in [0.717, 1.165) is 16.8 Å². The number of nitrogens with one attached hydrogen (secondary N) is 1. The van der Waals surface area contributed by atoms with Crippen molar-refractivity contribution in [3.63, 3.8) is 0 Å². The molecule has 3 aromatic carbocycles. The average molecular weight is 578 g/mol. The van der Waals surface area contributed by atoms with Crippen LogP contribution in [0.5, 0.6) is 0 Å². The Bertz CT molecular complexity index is 1370. The number of thioether (sulfide) groups is 1. The second-order valence-electron chi connectivity index (χ2n) is 9.06. The van der Waals surface area contributed by atoms with E-state index in [1.807, 2.05) is 24.3 Å². The molecule has 0 radical (unpaired) electrons. The lowest BCUT2D eigenvalue weighted by Crippen LogP contribution is -2.31. The lowest BCUT2D eigenvalue weighted by Gasteiger charge is -2.39. The van der Waals surface area contributed by atoms with E-state index < -0.39 is 0 Å². The molecule has 1 N–H and O–H groups in total. The quantitative estimate of drug-likeness (QED) is 0.138. The molecule has 3 aromatic rings. The van der Waals surface area contributed by atoms with E-state index >= 15 is 0 Å². The lowest BCUT2D eigenvalue weighted by atomic mass is 9.77. The molecule has 5 atom stereocenters. The zero-order chi connectivity index (χ0) is 26.3. The normalized spacial score (nSPS) is 24.1. The molecule has 6 nitrogen and oxygen atoms in total. The van der Waals surface area contributed by atoms with Crippen LogP contribution < -0.4 is 5.32 Å². The van der Waals surface area contributed by atoms with E-state index in [1.165, 1.54) is 17.8 Å². The number of anilines is 1. The molecule has 10 heteroatoms. The van der Waals surface area contributed by atoms with Crippen molar-refractivity contribution in [2.45, 2.75) is 40.8 Å². The molecule has 0 saturated heterocycles. The maximum absolute atomic E-state index is 12.5. The molecule has 1 saturated carbocycles.